The van der Waals surface area contributed by atoms with E-state index in [-0.39, 0.29) is 0 Å². The first kappa shape index (κ1) is 17.3. The third-order valence-corrected chi connectivity index (χ3v) is 6.77. The number of rotatable bonds is 4. The molecule has 6 unspecified atom stereocenters. The van der Waals surface area contributed by atoms with Crippen LogP contribution >= 0.6 is 0 Å². The lowest BCUT2D eigenvalue weighted by atomic mass is 9.62. The van der Waals surface area contributed by atoms with Crippen LogP contribution in [0, 0.1) is 35.5 Å². The maximum Gasteiger partial charge on any atom is 0.00905 e. The summed E-state index contributed by atoms with van der Waals surface area (Å²) in [6, 6.07) is 0.864. The summed E-state index contributed by atoms with van der Waals surface area (Å²) in [6.07, 6.45) is 9.40. The molecule has 0 radical (unpaired) electrons. The van der Waals surface area contributed by atoms with Crippen molar-refractivity contribution in [1.29, 1.82) is 0 Å². The van der Waals surface area contributed by atoms with Crippen molar-refractivity contribution in [2.45, 2.75) is 84.7 Å². The van der Waals surface area contributed by atoms with E-state index in [1.807, 2.05) is 0 Å². The van der Waals surface area contributed by atoms with Gasteiger partial charge >= 0.3 is 0 Å². The molecule has 2 saturated carbocycles. The van der Waals surface area contributed by atoms with Gasteiger partial charge in [-0.2, -0.15) is 0 Å². The van der Waals surface area contributed by atoms with E-state index < -0.39 is 0 Å². The smallest absolute Gasteiger partial charge is 0.00905 e. The fourth-order valence-electron chi connectivity index (χ4n) is 5.32. The van der Waals surface area contributed by atoms with Crippen molar-refractivity contribution in [3.63, 3.8) is 0 Å². The molecule has 0 aromatic heterocycles. The minimum absolute atomic E-state index is 0.419. The molecule has 2 nitrogen and oxygen atoms in total. The highest BCUT2D eigenvalue weighted by Gasteiger charge is 2.39. The Morgan fingerprint density at radius 1 is 0.857 bits per heavy atom. The van der Waals surface area contributed by atoms with Crippen LogP contribution in [0.3, 0.4) is 0 Å². The molecular formula is C19H38N2. The van der Waals surface area contributed by atoms with Crippen LogP contribution < -0.4 is 11.5 Å². The van der Waals surface area contributed by atoms with E-state index in [9.17, 15) is 0 Å². The number of hydrogen-bond acceptors (Lipinski definition) is 2. The molecule has 21 heavy (non-hydrogen) atoms. The Balaban J connectivity index is 2.04. The van der Waals surface area contributed by atoms with Crippen LogP contribution in [0.15, 0.2) is 0 Å². The Morgan fingerprint density at radius 3 is 1.95 bits per heavy atom. The Bertz CT molecular complexity index is 305. The van der Waals surface area contributed by atoms with Crippen LogP contribution in [0.4, 0.5) is 0 Å². The molecule has 0 aliphatic heterocycles. The van der Waals surface area contributed by atoms with Gasteiger partial charge in [-0.15, -0.1) is 0 Å². The van der Waals surface area contributed by atoms with Gasteiger partial charge in [-0.1, -0.05) is 40.5 Å². The van der Waals surface area contributed by atoms with Crippen molar-refractivity contribution in [2.24, 2.45) is 47.0 Å². The lowest BCUT2D eigenvalue weighted by molar-refractivity contribution is 0.0679. The zero-order chi connectivity index (χ0) is 15.6. The van der Waals surface area contributed by atoms with Gasteiger partial charge in [0.05, 0.1) is 0 Å². The van der Waals surface area contributed by atoms with Crippen molar-refractivity contribution in [3.8, 4) is 0 Å². The molecule has 2 rings (SSSR count). The maximum absolute atomic E-state index is 6.36. The standard InChI is InChI=1S/C19H38N2/c1-5-6-17(15-7-8-18(20)12(2)9-15)16-10-13(3)19(21)14(4)11-16/h12-19H,5-11,20-21H2,1-4H3. The second-order valence-electron chi connectivity index (χ2n) is 8.43. The monoisotopic (exact) mass is 294 g/mol. The first-order valence-corrected chi connectivity index (χ1v) is 9.45. The average Bonchev–Trinajstić information content (AvgIpc) is 2.45. The Labute approximate surface area is 132 Å². The van der Waals surface area contributed by atoms with Gasteiger partial charge in [0.25, 0.3) is 0 Å². The fraction of sp³-hybridized carbons (Fsp3) is 1.00. The van der Waals surface area contributed by atoms with E-state index in [0.717, 1.165) is 17.8 Å². The SMILES string of the molecule is CCCC(C1CCC(N)C(C)C1)C1CC(C)C(N)C(C)C1. The molecule has 0 heterocycles. The van der Waals surface area contributed by atoms with Crippen LogP contribution in [0.25, 0.3) is 0 Å². The third-order valence-electron chi connectivity index (χ3n) is 6.77. The molecule has 124 valence electrons. The predicted octanol–water partition coefficient (Wildman–Crippen LogP) is 4.18. The van der Waals surface area contributed by atoms with Crippen molar-refractivity contribution < 1.29 is 0 Å². The largest absolute Gasteiger partial charge is 0.327 e. The molecule has 2 fully saturated rings. The molecular weight excluding hydrogens is 256 g/mol. The molecule has 0 bridgehead atoms. The summed E-state index contributed by atoms with van der Waals surface area (Å²) in [7, 11) is 0. The lowest BCUT2D eigenvalue weighted by Crippen LogP contribution is -2.45. The summed E-state index contributed by atoms with van der Waals surface area (Å²) in [4.78, 5) is 0. The second kappa shape index (κ2) is 7.46. The van der Waals surface area contributed by atoms with Crippen molar-refractivity contribution >= 4 is 0 Å². The van der Waals surface area contributed by atoms with E-state index in [2.05, 4.69) is 27.7 Å². The summed E-state index contributed by atoms with van der Waals surface area (Å²) in [6.45, 7) is 9.46. The lowest BCUT2D eigenvalue weighted by Gasteiger charge is -2.45. The minimum atomic E-state index is 0.419. The fourth-order valence-corrected chi connectivity index (χ4v) is 5.32. The molecule has 6 atom stereocenters. The number of hydrogen-bond donors (Lipinski definition) is 2. The molecule has 4 N–H and O–H groups in total. The van der Waals surface area contributed by atoms with Gasteiger partial charge in [0.2, 0.25) is 0 Å². The molecule has 2 aliphatic rings. The molecule has 0 saturated heterocycles. The van der Waals surface area contributed by atoms with E-state index >= 15 is 0 Å². The first-order chi connectivity index (χ1) is 9.93. The normalized spacial score (nSPS) is 46.3. The molecule has 0 spiro atoms. The average molecular weight is 295 g/mol. The molecule has 0 amide bonds. The number of nitrogens with two attached hydrogens (primary N) is 2. The highest BCUT2D eigenvalue weighted by Crippen LogP contribution is 2.45. The van der Waals surface area contributed by atoms with Crippen molar-refractivity contribution in [3.05, 3.63) is 0 Å². The predicted molar refractivity (Wildman–Crippen MR) is 91.9 cm³/mol. The maximum atomic E-state index is 6.36. The molecule has 2 aliphatic carbocycles. The van der Waals surface area contributed by atoms with Crippen LogP contribution in [0.1, 0.15) is 72.6 Å². The topological polar surface area (TPSA) is 52.0 Å². The minimum Gasteiger partial charge on any atom is -0.327 e. The summed E-state index contributed by atoms with van der Waals surface area (Å²) >= 11 is 0. The molecule has 0 aromatic carbocycles. The summed E-state index contributed by atoms with van der Waals surface area (Å²) < 4.78 is 0. The summed E-state index contributed by atoms with van der Waals surface area (Å²) in [5, 5.41) is 0. The van der Waals surface area contributed by atoms with Gasteiger partial charge in [-0.3, -0.25) is 0 Å². The second-order valence-corrected chi connectivity index (χ2v) is 8.43. The van der Waals surface area contributed by atoms with Crippen molar-refractivity contribution in [1.82, 2.24) is 0 Å². The first-order valence-electron chi connectivity index (χ1n) is 9.45. The highest BCUT2D eigenvalue weighted by atomic mass is 14.7. The highest BCUT2D eigenvalue weighted by molar-refractivity contribution is 4.91. The Kier molecular flexibility index (Phi) is 6.14. The zero-order valence-electron chi connectivity index (χ0n) is 14.7. The summed E-state index contributed by atoms with van der Waals surface area (Å²) in [5.41, 5.74) is 12.6. The Hall–Kier alpha value is -0.0800. The van der Waals surface area contributed by atoms with Gasteiger partial charge < -0.3 is 11.5 Å². The zero-order valence-corrected chi connectivity index (χ0v) is 14.7. The van der Waals surface area contributed by atoms with Gasteiger partial charge in [0, 0.05) is 12.1 Å². The van der Waals surface area contributed by atoms with Gasteiger partial charge in [-0.05, 0) is 67.6 Å². The van der Waals surface area contributed by atoms with Crippen LogP contribution in [0.5, 0.6) is 0 Å². The molecule has 2 heteroatoms. The van der Waals surface area contributed by atoms with Crippen LogP contribution in [0.2, 0.25) is 0 Å². The van der Waals surface area contributed by atoms with E-state index in [1.54, 1.807) is 0 Å². The van der Waals surface area contributed by atoms with Gasteiger partial charge in [-0.25, -0.2) is 0 Å². The quantitative estimate of drug-likeness (QED) is 0.817. The van der Waals surface area contributed by atoms with E-state index in [0.29, 0.717) is 29.8 Å². The van der Waals surface area contributed by atoms with Crippen molar-refractivity contribution in [2.75, 3.05) is 0 Å². The Morgan fingerprint density at radius 2 is 1.43 bits per heavy atom. The van der Waals surface area contributed by atoms with Crippen LogP contribution in [-0.4, -0.2) is 12.1 Å². The summed E-state index contributed by atoms with van der Waals surface area (Å²) in [5.74, 6) is 4.84. The van der Waals surface area contributed by atoms with Gasteiger partial charge in [0.15, 0.2) is 0 Å². The van der Waals surface area contributed by atoms with Crippen LogP contribution in [-0.2, 0) is 0 Å². The van der Waals surface area contributed by atoms with Gasteiger partial charge in [0.1, 0.15) is 0 Å². The van der Waals surface area contributed by atoms with E-state index in [4.69, 9.17) is 11.5 Å². The third kappa shape index (κ3) is 4.01. The molecule has 0 aromatic rings. The van der Waals surface area contributed by atoms with E-state index in [1.165, 1.54) is 44.9 Å².